The monoisotopic (exact) mass is 242 g/mol. The summed E-state index contributed by atoms with van der Waals surface area (Å²) < 4.78 is 14.0. The number of Topliss-reactive ketones (excluding diaryl/α,β-unsaturated/α-hetero) is 1. The van der Waals surface area contributed by atoms with Gasteiger partial charge in [0.15, 0.2) is 0 Å². The van der Waals surface area contributed by atoms with E-state index in [1.807, 2.05) is 0 Å². The maximum atomic E-state index is 13.3. The van der Waals surface area contributed by atoms with Crippen molar-refractivity contribution in [1.29, 1.82) is 0 Å². The van der Waals surface area contributed by atoms with Gasteiger partial charge in [0.05, 0.1) is 0 Å². The average Bonchev–Trinajstić information content (AvgIpc) is 2.07. The molecule has 0 aliphatic heterocycles. The fraction of sp³-hybridized carbons (Fsp3) is 0.300. The number of carbonyl (C=O) groups is 1. The number of rotatable bonds is 1. The molecule has 1 aromatic carbocycles. The summed E-state index contributed by atoms with van der Waals surface area (Å²) in [6, 6.07) is 4.85. The minimum Gasteiger partial charge on any atom is -0.299 e. The number of hydrogen-bond acceptors (Lipinski definition) is 1. The zero-order valence-corrected chi connectivity index (χ0v) is 8.47. The molecule has 0 bridgehead atoms. The Morgan fingerprint density at radius 3 is 2.69 bits per heavy atom. The normalized spacial score (nSPS) is 21.4. The first-order valence-corrected chi connectivity index (χ1v) is 4.95. The fourth-order valence-electron chi connectivity index (χ4n) is 1.52. The molecule has 1 aliphatic carbocycles. The van der Waals surface area contributed by atoms with Crippen LogP contribution in [0.4, 0.5) is 4.39 Å². The van der Waals surface area contributed by atoms with Gasteiger partial charge in [-0.3, -0.25) is 4.79 Å². The van der Waals surface area contributed by atoms with Crippen LogP contribution in [-0.2, 0) is 4.79 Å². The number of carbonyl (C=O) groups excluding carboxylic acids is 1. The third-order valence-corrected chi connectivity index (χ3v) is 2.90. The van der Waals surface area contributed by atoms with E-state index in [1.165, 1.54) is 6.07 Å². The van der Waals surface area contributed by atoms with E-state index in [0.717, 1.165) is 6.42 Å². The van der Waals surface area contributed by atoms with Gasteiger partial charge in [-0.25, -0.2) is 4.39 Å². The van der Waals surface area contributed by atoms with Crippen LogP contribution in [-0.4, -0.2) is 5.78 Å². The van der Waals surface area contributed by atoms with Crippen molar-refractivity contribution < 1.29 is 9.18 Å². The molecular weight excluding hydrogens is 235 g/mol. The lowest BCUT2D eigenvalue weighted by Gasteiger charge is -2.24. The van der Waals surface area contributed by atoms with Crippen molar-refractivity contribution in [2.24, 2.45) is 0 Å². The van der Waals surface area contributed by atoms with Gasteiger partial charge in [0, 0.05) is 16.8 Å². The van der Waals surface area contributed by atoms with Gasteiger partial charge in [-0.15, -0.1) is 0 Å². The highest BCUT2D eigenvalue weighted by molar-refractivity contribution is 9.10. The number of benzene rings is 1. The van der Waals surface area contributed by atoms with Crippen LogP contribution in [0, 0.1) is 5.82 Å². The van der Waals surface area contributed by atoms with E-state index in [1.54, 1.807) is 12.1 Å². The Hall–Kier alpha value is -0.700. The van der Waals surface area contributed by atoms with E-state index in [9.17, 15) is 9.18 Å². The molecule has 0 heterocycles. The van der Waals surface area contributed by atoms with Gasteiger partial charge >= 0.3 is 0 Å². The van der Waals surface area contributed by atoms with E-state index in [0.29, 0.717) is 16.5 Å². The van der Waals surface area contributed by atoms with Crippen LogP contribution in [0.1, 0.15) is 24.3 Å². The topological polar surface area (TPSA) is 17.1 Å². The van der Waals surface area contributed by atoms with Crippen molar-refractivity contribution in [3.8, 4) is 0 Å². The third-order valence-electron chi connectivity index (χ3n) is 2.41. The zero-order valence-electron chi connectivity index (χ0n) is 6.89. The van der Waals surface area contributed by atoms with Gasteiger partial charge in [-0.05, 0) is 24.1 Å². The molecule has 2 rings (SSSR count). The first-order chi connectivity index (χ1) is 6.18. The Balaban J connectivity index is 2.35. The summed E-state index contributed by atoms with van der Waals surface area (Å²) in [6.45, 7) is 0. The van der Waals surface area contributed by atoms with Gasteiger partial charge in [0.1, 0.15) is 11.6 Å². The Bertz CT molecular complexity index is 362. The van der Waals surface area contributed by atoms with Gasteiger partial charge < -0.3 is 0 Å². The van der Waals surface area contributed by atoms with Gasteiger partial charge in [0.2, 0.25) is 0 Å². The van der Waals surface area contributed by atoms with E-state index in [2.05, 4.69) is 15.9 Å². The predicted molar refractivity (Wildman–Crippen MR) is 51.1 cm³/mol. The minimum absolute atomic E-state index is 0.154. The molecule has 1 atom stereocenters. The van der Waals surface area contributed by atoms with Crippen LogP contribution in [0.25, 0.3) is 0 Å². The van der Waals surface area contributed by atoms with Crippen LogP contribution >= 0.6 is 15.9 Å². The van der Waals surface area contributed by atoms with Crippen molar-refractivity contribution in [1.82, 2.24) is 0 Å². The summed E-state index contributed by atoms with van der Waals surface area (Å²) in [5.41, 5.74) is 0.541. The molecule has 3 heteroatoms. The summed E-state index contributed by atoms with van der Waals surface area (Å²) >= 11 is 3.18. The lowest BCUT2D eigenvalue weighted by molar-refractivity contribution is -0.125. The Labute approximate surface area is 84.1 Å². The lowest BCUT2D eigenvalue weighted by atomic mass is 9.78. The zero-order chi connectivity index (χ0) is 9.42. The summed E-state index contributed by atoms with van der Waals surface area (Å²) in [5, 5.41) is 0. The lowest BCUT2D eigenvalue weighted by Crippen LogP contribution is -2.24. The molecule has 0 spiro atoms. The molecule has 13 heavy (non-hydrogen) atoms. The first-order valence-electron chi connectivity index (χ1n) is 4.16. The Kier molecular flexibility index (Phi) is 2.20. The molecule has 0 aromatic heterocycles. The van der Waals surface area contributed by atoms with E-state index < -0.39 is 0 Å². The Morgan fingerprint density at radius 2 is 2.23 bits per heavy atom. The largest absolute Gasteiger partial charge is 0.299 e. The highest BCUT2D eigenvalue weighted by Crippen LogP contribution is 2.34. The molecule has 0 amide bonds. The SMILES string of the molecule is O=C1CCC1c1ccc(Br)cc1F. The molecule has 0 radical (unpaired) electrons. The van der Waals surface area contributed by atoms with Crippen LogP contribution in [0.3, 0.4) is 0 Å². The summed E-state index contributed by atoms with van der Waals surface area (Å²) in [4.78, 5) is 11.1. The number of hydrogen-bond donors (Lipinski definition) is 0. The minimum atomic E-state index is -0.285. The average molecular weight is 243 g/mol. The molecule has 1 saturated carbocycles. The molecule has 1 aliphatic rings. The second kappa shape index (κ2) is 3.22. The van der Waals surface area contributed by atoms with Crippen LogP contribution in [0.5, 0.6) is 0 Å². The summed E-state index contributed by atoms with van der Waals surface area (Å²) in [7, 11) is 0. The van der Waals surface area contributed by atoms with Crippen molar-refractivity contribution in [2.45, 2.75) is 18.8 Å². The molecule has 0 saturated heterocycles. The molecular formula is C10H8BrFO. The van der Waals surface area contributed by atoms with Gasteiger partial charge in [-0.2, -0.15) is 0 Å². The third kappa shape index (κ3) is 1.53. The van der Waals surface area contributed by atoms with E-state index in [4.69, 9.17) is 0 Å². The summed E-state index contributed by atoms with van der Waals surface area (Å²) in [5.74, 6) is -0.318. The van der Waals surface area contributed by atoms with Crippen molar-refractivity contribution >= 4 is 21.7 Å². The molecule has 1 aromatic rings. The van der Waals surface area contributed by atoms with Crippen LogP contribution in [0.15, 0.2) is 22.7 Å². The highest BCUT2D eigenvalue weighted by atomic mass is 79.9. The molecule has 0 N–H and O–H groups in total. The second-order valence-corrected chi connectivity index (χ2v) is 4.14. The maximum absolute atomic E-state index is 13.3. The Morgan fingerprint density at radius 1 is 1.46 bits per heavy atom. The van der Waals surface area contributed by atoms with Crippen molar-refractivity contribution in [3.05, 3.63) is 34.1 Å². The van der Waals surface area contributed by atoms with Crippen LogP contribution < -0.4 is 0 Å². The maximum Gasteiger partial charge on any atom is 0.140 e. The summed E-state index contributed by atoms with van der Waals surface area (Å²) in [6.07, 6.45) is 1.39. The molecule has 1 nitrogen and oxygen atoms in total. The second-order valence-electron chi connectivity index (χ2n) is 3.22. The highest BCUT2D eigenvalue weighted by Gasteiger charge is 2.31. The van der Waals surface area contributed by atoms with Gasteiger partial charge in [0.25, 0.3) is 0 Å². The first kappa shape index (κ1) is 8.88. The molecule has 1 unspecified atom stereocenters. The van der Waals surface area contributed by atoms with Gasteiger partial charge in [-0.1, -0.05) is 22.0 Å². The van der Waals surface area contributed by atoms with E-state index in [-0.39, 0.29) is 17.5 Å². The predicted octanol–water partition coefficient (Wildman–Crippen LogP) is 3.03. The van der Waals surface area contributed by atoms with Crippen molar-refractivity contribution in [2.75, 3.05) is 0 Å². The van der Waals surface area contributed by atoms with Crippen LogP contribution in [0.2, 0.25) is 0 Å². The van der Waals surface area contributed by atoms with E-state index >= 15 is 0 Å². The fourth-order valence-corrected chi connectivity index (χ4v) is 1.85. The standard InChI is InChI=1S/C10H8BrFO/c11-6-1-2-7(9(12)5-6)8-3-4-10(8)13/h1-2,5,8H,3-4H2. The smallest absolute Gasteiger partial charge is 0.140 e. The number of ketones is 1. The molecule has 68 valence electrons. The molecule has 1 fully saturated rings. The number of halogens is 2. The quantitative estimate of drug-likeness (QED) is 0.740. The van der Waals surface area contributed by atoms with Crippen molar-refractivity contribution in [3.63, 3.8) is 0 Å².